The van der Waals surface area contributed by atoms with Gasteiger partial charge < -0.3 is 5.32 Å². The highest BCUT2D eigenvalue weighted by Crippen LogP contribution is 2.45. The molecule has 1 amide bonds. The third kappa shape index (κ3) is 6.50. The van der Waals surface area contributed by atoms with Gasteiger partial charge in [-0.15, -0.1) is 0 Å². The molecule has 1 aliphatic rings. The number of carbonyl (C=O) groups is 1. The minimum absolute atomic E-state index is 0.0510. The lowest BCUT2D eigenvalue weighted by atomic mass is 10.1. The van der Waals surface area contributed by atoms with Gasteiger partial charge in [-0.25, -0.2) is 10.0 Å². The van der Waals surface area contributed by atoms with Crippen molar-refractivity contribution in [2.45, 2.75) is 42.4 Å². The second-order valence-corrected chi connectivity index (χ2v) is 13.0. The van der Waals surface area contributed by atoms with Crippen LogP contribution in [0.5, 0.6) is 0 Å². The van der Waals surface area contributed by atoms with E-state index in [9.17, 15) is 23.2 Å². The van der Waals surface area contributed by atoms with E-state index in [0.717, 1.165) is 5.56 Å². The molecule has 4 nitrogen and oxygen atoms in total. The van der Waals surface area contributed by atoms with Gasteiger partial charge in [-0.2, -0.15) is 18.4 Å². The Morgan fingerprint density at radius 3 is 2.16 bits per heavy atom. The van der Waals surface area contributed by atoms with Crippen LogP contribution in [-0.4, -0.2) is 41.9 Å². The summed E-state index contributed by atoms with van der Waals surface area (Å²) in [4.78, 5) is 13.1. The van der Waals surface area contributed by atoms with Crippen LogP contribution in [0, 0.1) is 11.3 Å². The van der Waals surface area contributed by atoms with Crippen LogP contribution in [0.25, 0.3) is 0 Å². The summed E-state index contributed by atoms with van der Waals surface area (Å²) in [7, 11) is -1.47. The molecule has 0 bridgehead atoms. The van der Waals surface area contributed by atoms with Gasteiger partial charge in [0.25, 0.3) is 0 Å². The molecular weight excluding hydrogens is 435 g/mol. The summed E-state index contributed by atoms with van der Waals surface area (Å²) in [6, 6.07) is 16.3. The highest BCUT2D eigenvalue weighted by molar-refractivity contribution is 8.32. The molecule has 2 atom stereocenters. The quantitative estimate of drug-likeness (QED) is 0.567. The first-order valence-electron chi connectivity index (χ1n) is 10.4. The summed E-state index contributed by atoms with van der Waals surface area (Å²) in [6.45, 7) is 0. The molecule has 0 aromatic heterocycles. The molecule has 3 rings (SSSR count). The number of hydrogen-bond acceptors (Lipinski definition) is 3. The summed E-state index contributed by atoms with van der Waals surface area (Å²) < 4.78 is 42.0. The zero-order valence-corrected chi connectivity index (χ0v) is 19.0. The maximum atomic E-state index is 14.0. The van der Waals surface area contributed by atoms with Crippen LogP contribution in [0.15, 0.2) is 60.7 Å². The van der Waals surface area contributed by atoms with Crippen LogP contribution in [-0.2, 0) is 10.5 Å². The monoisotopic (exact) mass is 463 g/mol. The smallest absolute Gasteiger partial charge is 0.336 e. The Balaban J connectivity index is 1.85. The second kappa shape index (κ2) is 9.55. The normalized spacial score (nSPS) is 17.6. The van der Waals surface area contributed by atoms with Crippen molar-refractivity contribution >= 4 is 15.9 Å². The summed E-state index contributed by atoms with van der Waals surface area (Å²) in [6.07, 6.45) is 0.493. The van der Waals surface area contributed by atoms with Crippen LogP contribution >= 0.6 is 10.0 Å². The molecule has 0 heterocycles. The van der Waals surface area contributed by atoms with E-state index in [-0.39, 0.29) is 11.3 Å². The van der Waals surface area contributed by atoms with Crippen LogP contribution in [0.2, 0.25) is 0 Å². The predicted octanol–water partition coefficient (Wildman–Crippen LogP) is 4.68. The van der Waals surface area contributed by atoms with Gasteiger partial charge in [0, 0.05) is 11.5 Å². The molecule has 2 unspecified atom stereocenters. The van der Waals surface area contributed by atoms with E-state index in [0.29, 0.717) is 18.6 Å². The molecule has 2 N–H and O–H groups in total. The number of rotatable bonds is 9. The van der Waals surface area contributed by atoms with Gasteiger partial charge in [0.1, 0.15) is 11.6 Å². The number of halogens is 3. The van der Waals surface area contributed by atoms with Crippen LogP contribution in [0.4, 0.5) is 13.2 Å². The second-order valence-electron chi connectivity index (χ2n) is 8.85. The minimum atomic E-state index is -4.58. The van der Waals surface area contributed by atoms with E-state index in [2.05, 4.69) is 16.7 Å². The van der Waals surface area contributed by atoms with Crippen molar-refractivity contribution in [1.29, 1.82) is 5.26 Å². The summed E-state index contributed by atoms with van der Waals surface area (Å²) in [5, 5.41) is 14.6. The average molecular weight is 464 g/mol. The lowest BCUT2D eigenvalue weighted by Gasteiger charge is -2.37. The number of amides is 1. The molecule has 2 aromatic rings. The molecule has 1 saturated carbocycles. The Hall–Kier alpha value is -2.50. The third-order valence-corrected chi connectivity index (χ3v) is 7.84. The standard InChI is InChI=1S/C24H28F3N3OS/c1-32(2,15-18-9-5-3-6-10-18)16-20(22(31)30-23(17-28)13-14-23)29-21(24(25,26)27)19-11-7-4-8-12-19/h3-12,20-21,29H,13-16H2,1-2H3,(H,30,31). The lowest BCUT2D eigenvalue weighted by molar-refractivity contribution is -0.160. The van der Waals surface area contributed by atoms with Crippen LogP contribution < -0.4 is 10.6 Å². The van der Waals surface area contributed by atoms with Crippen LogP contribution in [0.3, 0.4) is 0 Å². The number of alkyl halides is 3. The summed E-state index contributed by atoms with van der Waals surface area (Å²) in [5.41, 5.74) is 0.184. The first-order valence-corrected chi connectivity index (χ1v) is 13.2. The van der Waals surface area contributed by atoms with Crippen molar-refractivity contribution in [3.05, 3.63) is 71.8 Å². The molecule has 0 aliphatic heterocycles. The van der Waals surface area contributed by atoms with Crippen molar-refractivity contribution in [2.75, 3.05) is 18.3 Å². The molecule has 8 heteroatoms. The van der Waals surface area contributed by atoms with Crippen LogP contribution in [0.1, 0.15) is 30.0 Å². The Kier molecular flexibility index (Phi) is 7.21. The zero-order valence-electron chi connectivity index (χ0n) is 18.2. The Labute approximate surface area is 188 Å². The Bertz CT molecular complexity index is 954. The number of nitrogens with zero attached hydrogens (tertiary/aromatic N) is 1. The fourth-order valence-corrected chi connectivity index (χ4v) is 6.04. The number of benzene rings is 2. The van der Waals surface area contributed by atoms with Gasteiger partial charge in [0.05, 0.1) is 12.1 Å². The Morgan fingerprint density at radius 2 is 1.66 bits per heavy atom. The first-order chi connectivity index (χ1) is 15.0. The highest BCUT2D eigenvalue weighted by atomic mass is 32.3. The zero-order chi connectivity index (χ0) is 23.4. The van der Waals surface area contributed by atoms with Crippen molar-refractivity contribution in [3.8, 4) is 6.07 Å². The molecule has 32 heavy (non-hydrogen) atoms. The van der Waals surface area contributed by atoms with Gasteiger partial charge in [-0.3, -0.25) is 10.1 Å². The van der Waals surface area contributed by atoms with Gasteiger partial charge >= 0.3 is 6.18 Å². The molecule has 2 aromatic carbocycles. The molecule has 172 valence electrons. The van der Waals surface area contributed by atoms with E-state index in [1.165, 1.54) is 12.1 Å². The van der Waals surface area contributed by atoms with E-state index in [1.54, 1.807) is 18.2 Å². The topological polar surface area (TPSA) is 64.9 Å². The highest BCUT2D eigenvalue weighted by Gasteiger charge is 2.48. The molecule has 0 radical (unpaired) electrons. The van der Waals surface area contributed by atoms with Gasteiger partial charge in [0.15, 0.2) is 0 Å². The first kappa shape index (κ1) is 24.1. The summed E-state index contributed by atoms with van der Waals surface area (Å²) >= 11 is 0. The SMILES string of the molecule is CS(C)(Cc1ccccc1)CC(NC(c1ccccc1)C(F)(F)F)C(=O)NC1(C#N)CC1. The van der Waals surface area contributed by atoms with Crippen molar-refractivity contribution < 1.29 is 18.0 Å². The molecule has 1 aliphatic carbocycles. The molecule has 0 spiro atoms. The number of hydrogen-bond donors (Lipinski definition) is 2. The predicted molar refractivity (Wildman–Crippen MR) is 122 cm³/mol. The van der Waals surface area contributed by atoms with Gasteiger partial charge in [-0.1, -0.05) is 60.7 Å². The molecule has 1 fully saturated rings. The summed E-state index contributed by atoms with van der Waals surface area (Å²) in [5.74, 6) is 0.391. The minimum Gasteiger partial charge on any atom is -0.336 e. The third-order valence-electron chi connectivity index (χ3n) is 5.49. The number of nitrogens with one attached hydrogen (secondary N) is 2. The maximum absolute atomic E-state index is 14.0. The molecule has 0 saturated heterocycles. The lowest BCUT2D eigenvalue weighted by Crippen LogP contribution is -2.53. The fraction of sp³-hybridized carbons (Fsp3) is 0.417. The van der Waals surface area contributed by atoms with E-state index in [4.69, 9.17) is 0 Å². The van der Waals surface area contributed by atoms with E-state index in [1.807, 2.05) is 42.8 Å². The maximum Gasteiger partial charge on any atom is 0.407 e. The van der Waals surface area contributed by atoms with E-state index >= 15 is 0 Å². The largest absolute Gasteiger partial charge is 0.407 e. The number of nitriles is 1. The molecular formula is C24H28F3N3OS. The fourth-order valence-electron chi connectivity index (χ4n) is 3.67. The van der Waals surface area contributed by atoms with Crippen molar-refractivity contribution in [3.63, 3.8) is 0 Å². The van der Waals surface area contributed by atoms with Crippen molar-refractivity contribution in [1.82, 2.24) is 10.6 Å². The van der Waals surface area contributed by atoms with Gasteiger partial charge in [0.2, 0.25) is 5.91 Å². The Morgan fingerprint density at radius 1 is 1.09 bits per heavy atom. The van der Waals surface area contributed by atoms with E-state index < -0.39 is 39.7 Å². The van der Waals surface area contributed by atoms with Gasteiger partial charge in [-0.05, 0) is 36.5 Å². The average Bonchev–Trinajstić information content (AvgIpc) is 3.51. The number of carbonyl (C=O) groups excluding carboxylic acids is 1. The van der Waals surface area contributed by atoms with Crippen molar-refractivity contribution in [2.24, 2.45) is 0 Å².